The second-order valence-electron chi connectivity index (χ2n) is 7.87. The van der Waals surface area contributed by atoms with Crippen LogP contribution < -0.4 is 5.32 Å². The maximum Gasteiger partial charge on any atom is 0.261 e. The Morgan fingerprint density at radius 1 is 1.19 bits per heavy atom. The molecule has 0 aliphatic carbocycles. The Morgan fingerprint density at radius 2 is 2.06 bits per heavy atom. The molecule has 1 aliphatic rings. The zero-order valence-electron chi connectivity index (χ0n) is 17.4. The average molecular weight is 450 g/mol. The Hall–Kier alpha value is -3.30. The Bertz CT molecular complexity index is 1300. The van der Waals surface area contributed by atoms with E-state index in [0.717, 1.165) is 33.2 Å². The van der Waals surface area contributed by atoms with E-state index in [2.05, 4.69) is 15.3 Å². The van der Waals surface area contributed by atoms with Crippen LogP contribution in [0.15, 0.2) is 48.9 Å². The van der Waals surface area contributed by atoms with E-state index in [0.29, 0.717) is 18.0 Å². The van der Waals surface area contributed by atoms with Crippen molar-refractivity contribution in [2.45, 2.75) is 18.9 Å². The van der Waals surface area contributed by atoms with Gasteiger partial charge >= 0.3 is 0 Å². The van der Waals surface area contributed by atoms with Gasteiger partial charge in [0.15, 0.2) is 0 Å². The number of aliphatic hydroxyl groups excluding tert-OH is 1. The molecule has 1 fully saturated rings. The molecule has 1 aliphatic heterocycles. The van der Waals surface area contributed by atoms with Crippen LogP contribution in [0.25, 0.3) is 21.3 Å². The SMILES string of the molecule is O=C(NCCO)c1sc2ncccc2c1[C@@H]1CCN(C(=O)Cn2cnc3ccccc32)C1. The molecule has 0 unspecified atom stereocenters. The summed E-state index contributed by atoms with van der Waals surface area (Å²) in [5.41, 5.74) is 2.77. The largest absolute Gasteiger partial charge is 0.395 e. The molecule has 0 saturated carbocycles. The maximum absolute atomic E-state index is 13.1. The van der Waals surface area contributed by atoms with E-state index in [1.807, 2.05) is 45.9 Å². The second kappa shape index (κ2) is 8.68. The lowest BCUT2D eigenvalue weighted by atomic mass is 9.95. The number of aliphatic hydroxyl groups is 1. The molecule has 2 amide bonds. The Morgan fingerprint density at radius 3 is 2.94 bits per heavy atom. The van der Waals surface area contributed by atoms with Gasteiger partial charge in [0.2, 0.25) is 5.91 Å². The van der Waals surface area contributed by atoms with Crippen LogP contribution >= 0.6 is 11.3 Å². The average Bonchev–Trinajstić information content (AvgIpc) is 3.54. The van der Waals surface area contributed by atoms with Crippen molar-refractivity contribution in [3.05, 3.63) is 59.4 Å². The highest BCUT2D eigenvalue weighted by Crippen LogP contribution is 2.39. The molecule has 1 atom stereocenters. The number of nitrogens with zero attached hydrogens (tertiary/aromatic N) is 4. The molecule has 1 aromatic carbocycles. The van der Waals surface area contributed by atoms with Crippen molar-refractivity contribution in [2.24, 2.45) is 0 Å². The summed E-state index contributed by atoms with van der Waals surface area (Å²) in [5.74, 6) is -0.0994. The summed E-state index contributed by atoms with van der Waals surface area (Å²) in [6.07, 6.45) is 4.22. The monoisotopic (exact) mass is 449 g/mol. The van der Waals surface area contributed by atoms with Crippen molar-refractivity contribution in [3.63, 3.8) is 0 Å². The van der Waals surface area contributed by atoms with Crippen LogP contribution in [0, 0.1) is 0 Å². The van der Waals surface area contributed by atoms with Gasteiger partial charge in [-0.2, -0.15) is 0 Å². The third-order valence-electron chi connectivity index (χ3n) is 5.89. The minimum absolute atomic E-state index is 0.0413. The van der Waals surface area contributed by atoms with Crippen LogP contribution in [0.1, 0.15) is 27.6 Å². The fourth-order valence-corrected chi connectivity index (χ4v) is 5.53. The summed E-state index contributed by atoms with van der Waals surface area (Å²) in [6.45, 7) is 1.54. The molecule has 0 radical (unpaired) electrons. The van der Waals surface area contributed by atoms with Gasteiger partial charge in [-0.25, -0.2) is 9.97 Å². The van der Waals surface area contributed by atoms with Gasteiger partial charge in [-0.15, -0.1) is 11.3 Å². The first kappa shape index (κ1) is 20.6. The number of likely N-dealkylation sites (tertiary alicyclic amines) is 1. The Kier molecular flexibility index (Phi) is 5.59. The van der Waals surface area contributed by atoms with Gasteiger partial charge in [-0.1, -0.05) is 18.2 Å². The summed E-state index contributed by atoms with van der Waals surface area (Å²) in [6, 6.07) is 11.6. The van der Waals surface area contributed by atoms with Gasteiger partial charge in [0.1, 0.15) is 11.4 Å². The molecule has 5 rings (SSSR count). The molecule has 0 bridgehead atoms. The van der Waals surface area contributed by atoms with E-state index < -0.39 is 0 Å². The minimum atomic E-state index is -0.202. The number of hydrogen-bond donors (Lipinski definition) is 2. The Labute approximate surface area is 188 Å². The summed E-state index contributed by atoms with van der Waals surface area (Å²) in [4.78, 5) is 37.9. The topological polar surface area (TPSA) is 100 Å². The van der Waals surface area contributed by atoms with Crippen molar-refractivity contribution in [3.8, 4) is 0 Å². The predicted molar refractivity (Wildman–Crippen MR) is 123 cm³/mol. The molecule has 1 saturated heterocycles. The normalized spacial score (nSPS) is 16.2. The van der Waals surface area contributed by atoms with Gasteiger partial charge in [0.25, 0.3) is 5.91 Å². The summed E-state index contributed by atoms with van der Waals surface area (Å²) in [5, 5.41) is 12.8. The summed E-state index contributed by atoms with van der Waals surface area (Å²) >= 11 is 1.36. The van der Waals surface area contributed by atoms with Crippen LogP contribution in [0.4, 0.5) is 0 Å². The van der Waals surface area contributed by atoms with Crippen LogP contribution in [0.3, 0.4) is 0 Å². The van der Waals surface area contributed by atoms with Gasteiger partial charge in [-0.05, 0) is 30.2 Å². The molecule has 4 heterocycles. The third kappa shape index (κ3) is 3.74. The summed E-state index contributed by atoms with van der Waals surface area (Å²) < 4.78 is 1.88. The highest BCUT2D eigenvalue weighted by atomic mass is 32.1. The van der Waals surface area contributed by atoms with Crippen molar-refractivity contribution in [2.75, 3.05) is 26.2 Å². The number of aromatic nitrogens is 3. The van der Waals surface area contributed by atoms with Gasteiger partial charge in [0.05, 0.1) is 28.8 Å². The third-order valence-corrected chi connectivity index (χ3v) is 7.02. The highest BCUT2D eigenvalue weighted by Gasteiger charge is 2.33. The molecular weight excluding hydrogens is 426 g/mol. The molecular formula is C23H23N5O3S. The predicted octanol–water partition coefficient (Wildman–Crippen LogP) is 2.38. The molecule has 4 aromatic rings. The van der Waals surface area contributed by atoms with E-state index in [-0.39, 0.29) is 37.4 Å². The van der Waals surface area contributed by atoms with Crippen LogP contribution in [0.5, 0.6) is 0 Å². The van der Waals surface area contributed by atoms with Crippen molar-refractivity contribution >= 4 is 44.4 Å². The Balaban J connectivity index is 1.38. The number of carbonyl (C=O) groups excluding carboxylic acids is 2. The van der Waals surface area contributed by atoms with E-state index in [1.165, 1.54) is 11.3 Å². The number of fused-ring (bicyclic) bond motifs is 2. The van der Waals surface area contributed by atoms with Crippen molar-refractivity contribution in [1.82, 2.24) is 24.8 Å². The lowest BCUT2D eigenvalue weighted by Gasteiger charge is -2.18. The van der Waals surface area contributed by atoms with Crippen LogP contribution in [-0.2, 0) is 11.3 Å². The molecule has 0 spiro atoms. The van der Waals surface area contributed by atoms with Crippen LogP contribution in [0.2, 0.25) is 0 Å². The number of carbonyl (C=O) groups is 2. The molecule has 2 N–H and O–H groups in total. The molecule has 8 nitrogen and oxygen atoms in total. The maximum atomic E-state index is 13.1. The number of nitrogens with one attached hydrogen (secondary N) is 1. The first-order chi connectivity index (χ1) is 15.7. The number of amides is 2. The molecule has 32 heavy (non-hydrogen) atoms. The highest BCUT2D eigenvalue weighted by molar-refractivity contribution is 7.20. The first-order valence-electron chi connectivity index (χ1n) is 10.6. The van der Waals surface area contributed by atoms with Gasteiger partial charge < -0.3 is 19.9 Å². The van der Waals surface area contributed by atoms with E-state index in [1.54, 1.807) is 12.5 Å². The number of pyridine rings is 1. The molecule has 164 valence electrons. The smallest absolute Gasteiger partial charge is 0.261 e. The second-order valence-corrected chi connectivity index (χ2v) is 8.87. The first-order valence-corrected chi connectivity index (χ1v) is 11.4. The minimum Gasteiger partial charge on any atom is -0.395 e. The van der Waals surface area contributed by atoms with Crippen molar-refractivity contribution in [1.29, 1.82) is 0 Å². The molecule has 3 aromatic heterocycles. The van der Waals surface area contributed by atoms with Crippen LogP contribution in [-0.4, -0.2) is 62.6 Å². The standard InChI is InChI=1S/C23H23N5O3S/c29-11-9-24-22(31)21-20(16-4-3-8-25-23(16)32-21)15-7-10-27(12-15)19(30)13-28-14-26-17-5-1-2-6-18(17)28/h1-6,8,14-15,29H,7,9-13H2,(H,24,31)/t15-/m1/s1. The molecule has 9 heteroatoms. The lowest BCUT2D eigenvalue weighted by Crippen LogP contribution is -2.31. The zero-order valence-corrected chi connectivity index (χ0v) is 18.2. The zero-order chi connectivity index (χ0) is 22.1. The van der Waals surface area contributed by atoms with E-state index in [9.17, 15) is 9.59 Å². The number of hydrogen-bond acceptors (Lipinski definition) is 6. The van der Waals surface area contributed by atoms with Crippen molar-refractivity contribution < 1.29 is 14.7 Å². The fourth-order valence-electron chi connectivity index (χ4n) is 4.38. The fraction of sp³-hybridized carbons (Fsp3) is 0.304. The van der Waals surface area contributed by atoms with E-state index >= 15 is 0 Å². The number of para-hydroxylation sites is 2. The quantitative estimate of drug-likeness (QED) is 0.471. The number of rotatable bonds is 6. The lowest BCUT2D eigenvalue weighted by molar-refractivity contribution is -0.130. The number of thiophene rings is 1. The van der Waals surface area contributed by atoms with Gasteiger partial charge in [-0.3, -0.25) is 9.59 Å². The summed E-state index contributed by atoms with van der Waals surface area (Å²) in [7, 11) is 0. The number of imidazole rings is 1. The van der Waals surface area contributed by atoms with Gasteiger partial charge in [0, 0.05) is 37.1 Å². The number of benzene rings is 1. The van der Waals surface area contributed by atoms with E-state index in [4.69, 9.17) is 5.11 Å².